The summed E-state index contributed by atoms with van der Waals surface area (Å²) in [7, 11) is 1.78. The normalized spacial score (nSPS) is 17.5. The number of amides is 2. The largest absolute Gasteiger partial charge is 0.444 e. The highest BCUT2D eigenvalue weighted by Gasteiger charge is 2.32. The lowest BCUT2D eigenvalue weighted by atomic mass is 9.88. The molecule has 8 nitrogen and oxygen atoms in total. The Morgan fingerprint density at radius 1 is 1.08 bits per heavy atom. The fourth-order valence-corrected chi connectivity index (χ4v) is 5.43. The minimum absolute atomic E-state index is 0.0538. The number of anilines is 1. The van der Waals surface area contributed by atoms with E-state index < -0.39 is 17.3 Å². The molecular formula is C30H43FN4O4. The van der Waals surface area contributed by atoms with Crippen molar-refractivity contribution in [2.75, 3.05) is 18.5 Å². The number of halogens is 1. The van der Waals surface area contributed by atoms with Crippen LogP contribution in [-0.4, -0.2) is 53.2 Å². The first-order valence-electron chi connectivity index (χ1n) is 13.7. The molecule has 3 rings (SSSR count). The van der Waals surface area contributed by atoms with Gasteiger partial charge in [-0.1, -0.05) is 0 Å². The van der Waals surface area contributed by atoms with E-state index in [1.165, 1.54) is 12.1 Å². The lowest BCUT2D eigenvalue weighted by molar-refractivity contribution is 0.0183. The molecule has 0 spiro atoms. The van der Waals surface area contributed by atoms with Crippen molar-refractivity contribution in [3.8, 4) is 0 Å². The molecule has 0 atom stereocenters. The van der Waals surface area contributed by atoms with E-state index in [0.717, 1.165) is 36.9 Å². The molecule has 39 heavy (non-hydrogen) atoms. The number of carbonyl (C=O) groups is 2. The van der Waals surface area contributed by atoms with Crippen molar-refractivity contribution in [2.45, 2.75) is 98.4 Å². The van der Waals surface area contributed by atoms with Crippen LogP contribution in [0.15, 0.2) is 23.0 Å². The third kappa shape index (κ3) is 7.40. The van der Waals surface area contributed by atoms with Crippen LogP contribution in [0.1, 0.15) is 86.1 Å². The molecule has 2 amide bonds. The van der Waals surface area contributed by atoms with E-state index in [1.807, 2.05) is 47.6 Å². The van der Waals surface area contributed by atoms with Crippen molar-refractivity contribution >= 4 is 17.7 Å². The Balaban J connectivity index is 1.74. The van der Waals surface area contributed by atoms with E-state index >= 15 is 0 Å². The maximum atomic E-state index is 14.8. The van der Waals surface area contributed by atoms with Crippen molar-refractivity contribution in [1.82, 2.24) is 15.2 Å². The highest BCUT2D eigenvalue weighted by atomic mass is 19.1. The third-order valence-electron chi connectivity index (χ3n) is 7.50. The summed E-state index contributed by atoms with van der Waals surface area (Å²) in [5.74, 6) is -0.909. The van der Waals surface area contributed by atoms with E-state index in [0.29, 0.717) is 23.4 Å². The molecule has 1 aliphatic carbocycles. The maximum Gasteiger partial charge on any atom is 0.410 e. The van der Waals surface area contributed by atoms with Crippen molar-refractivity contribution in [1.29, 1.82) is 0 Å². The molecule has 2 aromatic rings. The number of rotatable bonds is 7. The number of aromatic nitrogens is 1. The Kier molecular flexibility index (Phi) is 9.46. The third-order valence-corrected chi connectivity index (χ3v) is 7.50. The molecule has 1 heterocycles. The highest BCUT2D eigenvalue weighted by Crippen LogP contribution is 2.33. The molecule has 0 saturated heterocycles. The van der Waals surface area contributed by atoms with Gasteiger partial charge in [-0.05, 0) is 103 Å². The molecule has 1 saturated carbocycles. The van der Waals surface area contributed by atoms with Gasteiger partial charge in [-0.25, -0.2) is 9.18 Å². The summed E-state index contributed by atoms with van der Waals surface area (Å²) >= 11 is 0. The summed E-state index contributed by atoms with van der Waals surface area (Å²) in [5.41, 5.74) is 2.87. The van der Waals surface area contributed by atoms with Gasteiger partial charge in [0.1, 0.15) is 11.4 Å². The molecule has 214 valence electrons. The lowest BCUT2D eigenvalue weighted by Crippen LogP contribution is -2.46. The SMILES string of the molecule is CCN(c1cc(F)cc(C(=O)NCc2c(C)cc(C)[nH]c2=O)c1C)[C@H]1CC[C@H](N(C)C(=O)OC(C)(C)C)CC1. The number of benzene rings is 1. The summed E-state index contributed by atoms with van der Waals surface area (Å²) < 4.78 is 20.4. The number of aromatic amines is 1. The van der Waals surface area contributed by atoms with Crippen LogP contribution in [0.4, 0.5) is 14.9 Å². The molecule has 0 radical (unpaired) electrons. The maximum absolute atomic E-state index is 14.8. The van der Waals surface area contributed by atoms with Gasteiger partial charge in [0.2, 0.25) is 0 Å². The van der Waals surface area contributed by atoms with Crippen LogP contribution in [0, 0.1) is 26.6 Å². The lowest BCUT2D eigenvalue weighted by Gasteiger charge is -2.41. The molecule has 1 aliphatic rings. The standard InChI is InChI=1S/C30H43FN4O4/c1-9-35(23-12-10-22(11-13-23)34(8)29(38)39-30(5,6)7)26-16-21(31)15-24(20(26)4)27(36)32-17-25-18(2)14-19(3)33-28(25)37/h14-16,22-23H,9-13,17H2,1-8H3,(H,32,36)(H,33,37)/t22-,23-. The predicted octanol–water partition coefficient (Wildman–Crippen LogP) is 5.37. The monoisotopic (exact) mass is 542 g/mol. The Bertz CT molecular complexity index is 1260. The Morgan fingerprint density at radius 2 is 1.69 bits per heavy atom. The molecular weight excluding hydrogens is 499 g/mol. The molecule has 1 aromatic heterocycles. The fourth-order valence-electron chi connectivity index (χ4n) is 5.43. The number of hydrogen-bond acceptors (Lipinski definition) is 5. The minimum Gasteiger partial charge on any atom is -0.444 e. The van der Waals surface area contributed by atoms with E-state index in [4.69, 9.17) is 4.74 Å². The van der Waals surface area contributed by atoms with Gasteiger partial charge in [0.25, 0.3) is 11.5 Å². The second-order valence-corrected chi connectivity index (χ2v) is 11.6. The number of carbonyl (C=O) groups excluding carboxylic acids is 2. The Morgan fingerprint density at radius 3 is 2.26 bits per heavy atom. The van der Waals surface area contributed by atoms with Crippen molar-refractivity contribution in [3.63, 3.8) is 0 Å². The van der Waals surface area contributed by atoms with Gasteiger partial charge in [-0.3, -0.25) is 9.59 Å². The first-order valence-corrected chi connectivity index (χ1v) is 13.7. The average molecular weight is 543 g/mol. The van der Waals surface area contributed by atoms with Crippen LogP contribution >= 0.6 is 0 Å². The minimum atomic E-state index is -0.546. The number of aryl methyl sites for hydroxylation is 2. The summed E-state index contributed by atoms with van der Waals surface area (Å²) in [6, 6.07) is 4.83. The van der Waals surface area contributed by atoms with Crippen LogP contribution in [0.25, 0.3) is 0 Å². The second-order valence-electron chi connectivity index (χ2n) is 11.6. The topological polar surface area (TPSA) is 94.7 Å². The molecule has 2 N–H and O–H groups in total. The predicted molar refractivity (Wildman–Crippen MR) is 152 cm³/mol. The summed E-state index contributed by atoms with van der Waals surface area (Å²) in [4.78, 5) is 44.6. The van der Waals surface area contributed by atoms with Crippen LogP contribution in [0.5, 0.6) is 0 Å². The van der Waals surface area contributed by atoms with Crippen molar-refractivity contribution in [3.05, 3.63) is 62.3 Å². The highest BCUT2D eigenvalue weighted by molar-refractivity contribution is 5.97. The van der Waals surface area contributed by atoms with Gasteiger partial charge in [-0.2, -0.15) is 0 Å². The van der Waals surface area contributed by atoms with Gasteiger partial charge in [0.15, 0.2) is 0 Å². The molecule has 1 aromatic carbocycles. The van der Waals surface area contributed by atoms with Crippen LogP contribution in [0.3, 0.4) is 0 Å². The van der Waals surface area contributed by atoms with Crippen LogP contribution in [0.2, 0.25) is 0 Å². The zero-order valence-corrected chi connectivity index (χ0v) is 24.5. The number of nitrogens with one attached hydrogen (secondary N) is 2. The van der Waals surface area contributed by atoms with E-state index in [-0.39, 0.29) is 35.8 Å². The average Bonchev–Trinajstić information content (AvgIpc) is 2.84. The number of ether oxygens (including phenoxy) is 1. The van der Waals surface area contributed by atoms with E-state index in [2.05, 4.69) is 15.2 Å². The smallest absolute Gasteiger partial charge is 0.410 e. The van der Waals surface area contributed by atoms with Crippen LogP contribution < -0.4 is 15.8 Å². The molecule has 0 aliphatic heterocycles. The van der Waals surface area contributed by atoms with Gasteiger partial charge in [-0.15, -0.1) is 0 Å². The molecule has 0 bridgehead atoms. The van der Waals surface area contributed by atoms with Gasteiger partial charge in [0.05, 0.1) is 0 Å². The van der Waals surface area contributed by atoms with Crippen molar-refractivity contribution < 1.29 is 18.7 Å². The first-order chi connectivity index (χ1) is 18.2. The zero-order valence-electron chi connectivity index (χ0n) is 24.5. The van der Waals surface area contributed by atoms with E-state index in [1.54, 1.807) is 18.9 Å². The summed E-state index contributed by atoms with van der Waals surface area (Å²) in [5, 5.41) is 2.80. The van der Waals surface area contributed by atoms with Gasteiger partial charge < -0.3 is 24.8 Å². The van der Waals surface area contributed by atoms with Gasteiger partial charge >= 0.3 is 6.09 Å². The number of nitrogens with zero attached hydrogens (tertiary/aromatic N) is 2. The van der Waals surface area contributed by atoms with Gasteiger partial charge in [0, 0.05) is 54.7 Å². The molecule has 9 heteroatoms. The summed E-state index contributed by atoms with van der Waals surface area (Å²) in [6.07, 6.45) is 2.96. The number of hydrogen-bond donors (Lipinski definition) is 2. The van der Waals surface area contributed by atoms with Crippen molar-refractivity contribution in [2.24, 2.45) is 0 Å². The van der Waals surface area contributed by atoms with Crippen LogP contribution in [-0.2, 0) is 11.3 Å². The Labute approximate surface area is 230 Å². The zero-order chi connectivity index (χ0) is 29.1. The van der Waals surface area contributed by atoms with E-state index in [9.17, 15) is 18.8 Å². The number of H-pyrrole nitrogens is 1. The molecule has 0 unspecified atom stereocenters. The second kappa shape index (κ2) is 12.2. The first kappa shape index (κ1) is 30.2. The quantitative estimate of drug-likeness (QED) is 0.490. The fraction of sp³-hybridized carbons (Fsp3) is 0.567. The molecule has 1 fully saturated rings. The summed E-state index contributed by atoms with van der Waals surface area (Å²) in [6.45, 7) is 13.8. The Hall–Kier alpha value is -3.36. The number of pyridine rings is 1.